The lowest BCUT2D eigenvalue weighted by Gasteiger charge is -2.26. The Morgan fingerprint density at radius 2 is 1.92 bits per heavy atom. The molecule has 0 fully saturated rings. The van der Waals surface area contributed by atoms with Crippen molar-refractivity contribution in [1.29, 1.82) is 0 Å². The van der Waals surface area contributed by atoms with Crippen LogP contribution in [0.5, 0.6) is 0 Å². The Morgan fingerprint density at radius 1 is 1.23 bits per heavy atom. The third-order valence-electron chi connectivity index (χ3n) is 4.01. The van der Waals surface area contributed by atoms with E-state index in [0.29, 0.717) is 39.7 Å². The first-order valence-corrected chi connectivity index (χ1v) is 8.80. The van der Waals surface area contributed by atoms with Crippen LogP contribution in [0.2, 0.25) is 10.0 Å². The number of halogens is 2. The fourth-order valence-electron chi connectivity index (χ4n) is 2.99. The standard InChI is InChI=1S/C17H19Cl2N3O4/c1-17(2,3)26-15(23)20-12-7-11(18)13(19)14-10(12)6-9-8-21(16(24)25)4-5-22(9)14/h6-7H,4-5,8H2,1-3H3,(H,20,23)(H,24,25). The Labute approximate surface area is 160 Å². The normalized spacial score (nSPS) is 14.3. The number of carbonyl (C=O) groups is 2. The maximum atomic E-state index is 12.2. The van der Waals surface area contributed by atoms with Gasteiger partial charge in [-0.3, -0.25) is 5.32 Å². The van der Waals surface area contributed by atoms with Crippen LogP contribution >= 0.6 is 23.2 Å². The van der Waals surface area contributed by atoms with E-state index in [1.807, 2.05) is 10.6 Å². The molecule has 0 spiro atoms. The molecule has 1 aromatic heterocycles. The zero-order valence-electron chi connectivity index (χ0n) is 14.6. The number of ether oxygens (including phenoxy) is 1. The summed E-state index contributed by atoms with van der Waals surface area (Å²) < 4.78 is 7.23. The summed E-state index contributed by atoms with van der Waals surface area (Å²) in [5.74, 6) is 0. The van der Waals surface area contributed by atoms with Crippen molar-refractivity contribution >= 4 is 52.0 Å². The first-order chi connectivity index (χ1) is 12.1. The van der Waals surface area contributed by atoms with E-state index in [-0.39, 0.29) is 6.54 Å². The highest BCUT2D eigenvalue weighted by Gasteiger charge is 2.26. The van der Waals surface area contributed by atoms with Crippen LogP contribution in [-0.4, -0.2) is 38.9 Å². The number of benzene rings is 1. The maximum Gasteiger partial charge on any atom is 0.412 e. The molecule has 26 heavy (non-hydrogen) atoms. The van der Waals surface area contributed by atoms with Gasteiger partial charge in [-0.25, -0.2) is 9.59 Å². The van der Waals surface area contributed by atoms with E-state index in [1.165, 1.54) is 4.90 Å². The number of carboxylic acid groups (broad SMARTS) is 1. The van der Waals surface area contributed by atoms with Crippen LogP contribution in [0.1, 0.15) is 26.5 Å². The molecule has 140 valence electrons. The molecular weight excluding hydrogens is 381 g/mol. The number of hydrogen-bond acceptors (Lipinski definition) is 3. The second kappa shape index (κ2) is 6.55. The number of nitrogens with one attached hydrogen (secondary N) is 1. The molecule has 0 aliphatic carbocycles. The van der Waals surface area contributed by atoms with Gasteiger partial charge in [0.1, 0.15) is 5.60 Å². The zero-order chi connectivity index (χ0) is 19.2. The number of carbonyl (C=O) groups excluding carboxylic acids is 1. The molecule has 0 bridgehead atoms. The monoisotopic (exact) mass is 399 g/mol. The van der Waals surface area contributed by atoms with Crippen molar-refractivity contribution in [3.8, 4) is 0 Å². The quantitative estimate of drug-likeness (QED) is 0.721. The highest BCUT2D eigenvalue weighted by atomic mass is 35.5. The minimum Gasteiger partial charge on any atom is -0.465 e. The third kappa shape index (κ3) is 3.54. The summed E-state index contributed by atoms with van der Waals surface area (Å²) in [5, 5.41) is 13.3. The van der Waals surface area contributed by atoms with Crippen LogP contribution in [0.25, 0.3) is 10.9 Å². The molecule has 0 unspecified atom stereocenters. The van der Waals surface area contributed by atoms with E-state index in [1.54, 1.807) is 26.8 Å². The Hall–Kier alpha value is -2.12. The van der Waals surface area contributed by atoms with Gasteiger partial charge in [-0.2, -0.15) is 0 Å². The molecule has 7 nitrogen and oxygen atoms in total. The summed E-state index contributed by atoms with van der Waals surface area (Å²) in [4.78, 5) is 24.7. The lowest BCUT2D eigenvalue weighted by atomic mass is 10.2. The molecule has 1 aliphatic heterocycles. The molecule has 0 atom stereocenters. The molecule has 2 heterocycles. The van der Waals surface area contributed by atoms with Crippen LogP contribution in [0.4, 0.5) is 15.3 Å². The molecule has 0 saturated carbocycles. The van der Waals surface area contributed by atoms with E-state index in [4.69, 9.17) is 27.9 Å². The average Bonchev–Trinajstić information content (AvgIpc) is 2.89. The number of fused-ring (bicyclic) bond motifs is 3. The van der Waals surface area contributed by atoms with Crippen LogP contribution in [0.3, 0.4) is 0 Å². The van der Waals surface area contributed by atoms with Crippen LogP contribution in [0.15, 0.2) is 12.1 Å². The van der Waals surface area contributed by atoms with Crippen molar-refractivity contribution < 1.29 is 19.4 Å². The predicted octanol–water partition coefficient (Wildman–Crippen LogP) is 4.79. The summed E-state index contributed by atoms with van der Waals surface area (Å²) in [5.41, 5.74) is 1.28. The van der Waals surface area contributed by atoms with Gasteiger partial charge in [0.15, 0.2) is 0 Å². The molecule has 0 saturated heterocycles. The van der Waals surface area contributed by atoms with Crippen LogP contribution in [-0.2, 0) is 17.8 Å². The lowest BCUT2D eigenvalue weighted by Crippen LogP contribution is -2.36. The summed E-state index contributed by atoms with van der Waals surface area (Å²) >= 11 is 12.6. The Bertz CT molecular complexity index is 902. The zero-order valence-corrected chi connectivity index (χ0v) is 16.1. The predicted molar refractivity (Wildman–Crippen MR) is 100 cm³/mol. The Balaban J connectivity index is 2.04. The molecule has 2 N–H and O–H groups in total. The maximum absolute atomic E-state index is 12.2. The third-order valence-corrected chi connectivity index (χ3v) is 4.79. The highest BCUT2D eigenvalue weighted by molar-refractivity contribution is 6.45. The van der Waals surface area contributed by atoms with E-state index >= 15 is 0 Å². The summed E-state index contributed by atoms with van der Waals surface area (Å²) in [7, 11) is 0. The molecule has 2 aromatic rings. The molecule has 2 amide bonds. The van der Waals surface area contributed by atoms with Gasteiger partial charge in [0.25, 0.3) is 0 Å². The molecule has 0 radical (unpaired) electrons. The second-order valence-corrected chi connectivity index (χ2v) is 7.89. The summed E-state index contributed by atoms with van der Waals surface area (Å²) in [6, 6.07) is 3.39. The number of rotatable bonds is 1. The molecule has 9 heteroatoms. The van der Waals surface area contributed by atoms with Crippen molar-refractivity contribution in [2.45, 2.75) is 39.5 Å². The number of amides is 2. The first kappa shape index (κ1) is 18.7. The number of hydrogen-bond donors (Lipinski definition) is 2. The van der Waals surface area contributed by atoms with Gasteiger partial charge >= 0.3 is 12.2 Å². The van der Waals surface area contributed by atoms with Crippen molar-refractivity contribution in [3.63, 3.8) is 0 Å². The number of anilines is 1. The number of aromatic nitrogens is 1. The molecule has 1 aliphatic rings. The second-order valence-electron chi connectivity index (χ2n) is 7.10. The van der Waals surface area contributed by atoms with Crippen molar-refractivity contribution in [3.05, 3.63) is 27.9 Å². The summed E-state index contributed by atoms with van der Waals surface area (Å²) in [6.45, 7) is 6.36. The Kier molecular flexibility index (Phi) is 4.71. The van der Waals surface area contributed by atoms with Gasteiger partial charge in [0.2, 0.25) is 0 Å². The first-order valence-electron chi connectivity index (χ1n) is 8.05. The average molecular weight is 400 g/mol. The smallest absolute Gasteiger partial charge is 0.412 e. The highest BCUT2D eigenvalue weighted by Crippen LogP contribution is 2.39. The van der Waals surface area contributed by atoms with Gasteiger partial charge in [-0.05, 0) is 32.9 Å². The Morgan fingerprint density at radius 3 is 2.54 bits per heavy atom. The van der Waals surface area contributed by atoms with Gasteiger partial charge in [-0.15, -0.1) is 0 Å². The minimum atomic E-state index is -0.974. The van der Waals surface area contributed by atoms with Crippen molar-refractivity contribution in [2.75, 3.05) is 11.9 Å². The minimum absolute atomic E-state index is 0.240. The summed E-state index contributed by atoms with van der Waals surface area (Å²) in [6.07, 6.45) is -1.58. The SMILES string of the molecule is CC(C)(C)OC(=O)Nc1cc(Cl)c(Cl)c2c1cc1n2CCN(C(=O)O)C1. The van der Waals surface area contributed by atoms with E-state index in [2.05, 4.69) is 5.32 Å². The molecular formula is C17H19Cl2N3O4. The number of nitrogens with zero attached hydrogens (tertiary/aromatic N) is 2. The van der Waals surface area contributed by atoms with Crippen molar-refractivity contribution in [2.24, 2.45) is 0 Å². The van der Waals surface area contributed by atoms with Gasteiger partial charge in [-0.1, -0.05) is 23.2 Å². The molecule has 3 rings (SSSR count). The van der Waals surface area contributed by atoms with Crippen LogP contribution in [0, 0.1) is 0 Å². The van der Waals surface area contributed by atoms with Crippen LogP contribution < -0.4 is 5.32 Å². The topological polar surface area (TPSA) is 83.8 Å². The van der Waals surface area contributed by atoms with E-state index in [9.17, 15) is 14.7 Å². The fraction of sp³-hybridized carbons (Fsp3) is 0.412. The van der Waals surface area contributed by atoms with Gasteiger partial charge < -0.3 is 19.3 Å². The van der Waals surface area contributed by atoms with Gasteiger partial charge in [0, 0.05) is 24.2 Å². The van der Waals surface area contributed by atoms with E-state index < -0.39 is 17.8 Å². The van der Waals surface area contributed by atoms with E-state index in [0.717, 1.165) is 5.69 Å². The van der Waals surface area contributed by atoms with Crippen molar-refractivity contribution in [1.82, 2.24) is 9.47 Å². The van der Waals surface area contributed by atoms with Gasteiger partial charge in [0.05, 0.1) is 27.8 Å². The molecule has 1 aromatic carbocycles. The fourth-order valence-corrected chi connectivity index (χ4v) is 3.44. The largest absolute Gasteiger partial charge is 0.465 e. The lowest BCUT2D eigenvalue weighted by molar-refractivity contribution is 0.0636.